The van der Waals surface area contributed by atoms with Crippen LogP contribution in [0.2, 0.25) is 0 Å². The van der Waals surface area contributed by atoms with Crippen LogP contribution < -0.4 is 20.9 Å². The minimum Gasteiger partial charge on any atom is -0.355 e. The Bertz CT molecular complexity index is 1250. The van der Waals surface area contributed by atoms with E-state index >= 15 is 0 Å². The standard InChI is InChI=1S/C29H32N6O3/c36-27(21-8-10-24(11-9-21)32-29(38)22-6-7-22)30-16-17-31-28(37)23-14-18-35(19-15-23)26-13-12-25(33-34-26)20-4-2-1-3-5-20/h1-5,8-13,22-23H,6-7,14-19H2,(H,30,36)(H,31,37)(H,32,38). The Hall–Kier alpha value is -4.27. The number of piperidine rings is 1. The Morgan fingerprint density at radius 3 is 2.08 bits per heavy atom. The summed E-state index contributed by atoms with van der Waals surface area (Å²) in [6.45, 7) is 2.19. The highest BCUT2D eigenvalue weighted by atomic mass is 16.2. The lowest BCUT2D eigenvalue weighted by molar-refractivity contribution is -0.125. The summed E-state index contributed by atoms with van der Waals surface area (Å²) < 4.78 is 0. The lowest BCUT2D eigenvalue weighted by Crippen LogP contribution is -2.42. The summed E-state index contributed by atoms with van der Waals surface area (Å²) in [5.41, 5.74) is 3.07. The van der Waals surface area contributed by atoms with Crippen molar-refractivity contribution in [2.75, 3.05) is 36.4 Å². The highest BCUT2D eigenvalue weighted by molar-refractivity contribution is 5.96. The zero-order chi connectivity index (χ0) is 26.3. The molecule has 2 heterocycles. The van der Waals surface area contributed by atoms with E-state index in [9.17, 15) is 14.4 Å². The molecule has 196 valence electrons. The molecule has 1 saturated carbocycles. The molecule has 2 aliphatic rings. The molecule has 0 spiro atoms. The van der Waals surface area contributed by atoms with Crippen molar-refractivity contribution in [3.8, 4) is 11.3 Å². The van der Waals surface area contributed by atoms with Crippen molar-refractivity contribution in [2.24, 2.45) is 11.8 Å². The second kappa shape index (κ2) is 11.9. The van der Waals surface area contributed by atoms with Gasteiger partial charge in [-0.15, -0.1) is 10.2 Å². The molecule has 3 amide bonds. The molecule has 2 fully saturated rings. The molecular weight excluding hydrogens is 480 g/mol. The first-order chi connectivity index (χ1) is 18.6. The fraction of sp³-hybridized carbons (Fsp3) is 0.345. The zero-order valence-corrected chi connectivity index (χ0v) is 21.2. The second-order valence-electron chi connectivity index (χ2n) is 9.79. The van der Waals surface area contributed by atoms with E-state index in [1.54, 1.807) is 24.3 Å². The van der Waals surface area contributed by atoms with Crippen molar-refractivity contribution in [3.05, 3.63) is 72.3 Å². The number of rotatable bonds is 9. The van der Waals surface area contributed by atoms with Crippen molar-refractivity contribution in [1.29, 1.82) is 0 Å². The van der Waals surface area contributed by atoms with Crippen LogP contribution in [0.4, 0.5) is 11.5 Å². The molecule has 3 N–H and O–H groups in total. The second-order valence-corrected chi connectivity index (χ2v) is 9.79. The number of carbonyl (C=O) groups excluding carboxylic acids is 3. The SMILES string of the molecule is O=C(NCCNC(=O)C1CCN(c2ccc(-c3ccccc3)nn2)CC1)c1ccc(NC(=O)C2CC2)cc1. The van der Waals surface area contributed by atoms with Crippen molar-refractivity contribution < 1.29 is 14.4 Å². The number of carbonyl (C=O) groups is 3. The lowest BCUT2D eigenvalue weighted by Gasteiger charge is -2.31. The maximum absolute atomic E-state index is 12.6. The number of anilines is 2. The largest absolute Gasteiger partial charge is 0.355 e. The summed E-state index contributed by atoms with van der Waals surface area (Å²) in [5.74, 6) is 0.732. The molecule has 9 heteroatoms. The van der Waals surface area contributed by atoms with Gasteiger partial charge in [0, 0.05) is 54.8 Å². The van der Waals surface area contributed by atoms with Crippen LogP contribution in [-0.4, -0.2) is 54.1 Å². The van der Waals surface area contributed by atoms with Gasteiger partial charge in [-0.1, -0.05) is 30.3 Å². The van der Waals surface area contributed by atoms with Crippen LogP contribution in [0.1, 0.15) is 36.0 Å². The molecule has 0 bridgehead atoms. The molecule has 1 aliphatic heterocycles. The van der Waals surface area contributed by atoms with E-state index in [1.807, 2.05) is 42.5 Å². The third kappa shape index (κ3) is 6.53. The molecule has 1 aromatic heterocycles. The van der Waals surface area contributed by atoms with Gasteiger partial charge in [-0.25, -0.2) is 0 Å². The number of hydrogen-bond acceptors (Lipinski definition) is 6. The van der Waals surface area contributed by atoms with Gasteiger partial charge in [0.25, 0.3) is 5.91 Å². The Morgan fingerprint density at radius 2 is 1.42 bits per heavy atom. The van der Waals surface area contributed by atoms with E-state index in [0.717, 1.165) is 55.8 Å². The summed E-state index contributed by atoms with van der Waals surface area (Å²) in [6.07, 6.45) is 3.37. The van der Waals surface area contributed by atoms with Crippen molar-refractivity contribution in [1.82, 2.24) is 20.8 Å². The van der Waals surface area contributed by atoms with Gasteiger partial charge in [-0.05, 0) is 62.1 Å². The van der Waals surface area contributed by atoms with E-state index in [4.69, 9.17) is 0 Å². The maximum Gasteiger partial charge on any atom is 0.251 e. The molecule has 3 aromatic rings. The van der Waals surface area contributed by atoms with Crippen LogP contribution in [0.5, 0.6) is 0 Å². The molecule has 38 heavy (non-hydrogen) atoms. The number of aromatic nitrogens is 2. The van der Waals surface area contributed by atoms with Crippen LogP contribution >= 0.6 is 0 Å². The predicted octanol–water partition coefficient (Wildman–Crippen LogP) is 3.25. The first kappa shape index (κ1) is 25.4. The van der Waals surface area contributed by atoms with Gasteiger partial charge in [0.2, 0.25) is 11.8 Å². The quantitative estimate of drug-likeness (QED) is 0.379. The van der Waals surface area contributed by atoms with Crippen LogP contribution in [0.25, 0.3) is 11.3 Å². The number of benzene rings is 2. The summed E-state index contributed by atoms with van der Waals surface area (Å²) in [7, 11) is 0. The topological polar surface area (TPSA) is 116 Å². The van der Waals surface area contributed by atoms with Gasteiger partial charge in [0.05, 0.1) is 5.69 Å². The number of amides is 3. The van der Waals surface area contributed by atoms with Crippen molar-refractivity contribution >= 4 is 29.2 Å². The number of nitrogens with zero attached hydrogens (tertiary/aromatic N) is 3. The average Bonchev–Trinajstić information content (AvgIpc) is 3.82. The van der Waals surface area contributed by atoms with E-state index in [1.165, 1.54) is 0 Å². The minimum absolute atomic E-state index is 0.0140. The molecule has 0 atom stereocenters. The predicted molar refractivity (Wildman–Crippen MR) is 146 cm³/mol. The first-order valence-corrected chi connectivity index (χ1v) is 13.2. The van der Waals surface area contributed by atoms with Gasteiger partial charge in [-0.2, -0.15) is 0 Å². The Labute approximate surface area is 222 Å². The molecule has 1 saturated heterocycles. The third-order valence-electron chi connectivity index (χ3n) is 6.98. The average molecular weight is 513 g/mol. The van der Waals surface area contributed by atoms with Crippen LogP contribution in [0.3, 0.4) is 0 Å². The summed E-state index contributed by atoms with van der Waals surface area (Å²) in [6, 6.07) is 20.7. The zero-order valence-electron chi connectivity index (χ0n) is 21.2. The van der Waals surface area contributed by atoms with Crippen LogP contribution in [-0.2, 0) is 9.59 Å². The van der Waals surface area contributed by atoms with Crippen LogP contribution in [0, 0.1) is 11.8 Å². The minimum atomic E-state index is -0.216. The number of nitrogens with one attached hydrogen (secondary N) is 3. The van der Waals surface area contributed by atoms with E-state index in [2.05, 4.69) is 31.0 Å². The van der Waals surface area contributed by atoms with Gasteiger partial charge in [0.1, 0.15) is 0 Å². The van der Waals surface area contributed by atoms with E-state index in [0.29, 0.717) is 24.3 Å². The van der Waals surface area contributed by atoms with Gasteiger partial charge >= 0.3 is 0 Å². The van der Waals surface area contributed by atoms with Gasteiger partial charge < -0.3 is 20.9 Å². The monoisotopic (exact) mass is 512 g/mol. The Balaban J connectivity index is 0.999. The van der Waals surface area contributed by atoms with E-state index < -0.39 is 0 Å². The highest BCUT2D eigenvalue weighted by Crippen LogP contribution is 2.30. The fourth-order valence-corrected chi connectivity index (χ4v) is 4.53. The number of hydrogen-bond donors (Lipinski definition) is 3. The molecule has 5 rings (SSSR count). The molecular formula is C29H32N6O3. The summed E-state index contributed by atoms with van der Waals surface area (Å²) >= 11 is 0. The smallest absolute Gasteiger partial charge is 0.251 e. The molecule has 0 radical (unpaired) electrons. The van der Waals surface area contributed by atoms with Crippen molar-refractivity contribution in [3.63, 3.8) is 0 Å². The summed E-state index contributed by atoms with van der Waals surface area (Å²) in [5, 5.41) is 17.4. The molecule has 1 aliphatic carbocycles. The third-order valence-corrected chi connectivity index (χ3v) is 6.98. The fourth-order valence-electron chi connectivity index (χ4n) is 4.53. The van der Waals surface area contributed by atoms with Gasteiger partial charge in [0.15, 0.2) is 5.82 Å². The molecule has 2 aromatic carbocycles. The molecule has 0 unspecified atom stereocenters. The molecule has 9 nitrogen and oxygen atoms in total. The maximum atomic E-state index is 12.6. The van der Waals surface area contributed by atoms with Crippen molar-refractivity contribution in [2.45, 2.75) is 25.7 Å². The normalized spacial score (nSPS) is 15.5. The first-order valence-electron chi connectivity index (χ1n) is 13.2. The van der Waals surface area contributed by atoms with Gasteiger partial charge in [-0.3, -0.25) is 14.4 Å². The van der Waals surface area contributed by atoms with E-state index in [-0.39, 0.29) is 29.6 Å². The summed E-state index contributed by atoms with van der Waals surface area (Å²) in [4.78, 5) is 39.0. The Kier molecular flexibility index (Phi) is 7.92. The Morgan fingerprint density at radius 1 is 0.737 bits per heavy atom. The lowest BCUT2D eigenvalue weighted by atomic mass is 9.96. The van der Waals surface area contributed by atoms with Crippen LogP contribution in [0.15, 0.2) is 66.7 Å². The highest BCUT2D eigenvalue weighted by Gasteiger charge is 2.29.